The molecule has 1 heteroatoms. The van der Waals surface area contributed by atoms with Crippen molar-refractivity contribution in [2.45, 2.75) is 5.41 Å². The third-order valence-electron chi connectivity index (χ3n) is 13.9. The lowest BCUT2D eigenvalue weighted by Gasteiger charge is -2.34. The number of nitrogens with zero attached hydrogens (tertiary/aromatic N) is 1. The van der Waals surface area contributed by atoms with Gasteiger partial charge >= 0.3 is 0 Å². The molecule has 0 heterocycles. The molecule has 298 valence electrons. The fraction of sp³-hybridized carbons (Fsp3) is 0.0159. The van der Waals surface area contributed by atoms with Crippen LogP contribution < -0.4 is 4.90 Å². The van der Waals surface area contributed by atoms with Gasteiger partial charge in [0.15, 0.2) is 0 Å². The summed E-state index contributed by atoms with van der Waals surface area (Å²) in [5, 5.41) is 4.87. The first-order chi connectivity index (χ1) is 31.8. The summed E-state index contributed by atoms with van der Waals surface area (Å²) in [5.74, 6) is 0. The van der Waals surface area contributed by atoms with E-state index in [0.29, 0.717) is 0 Å². The van der Waals surface area contributed by atoms with Crippen LogP contribution in [0.3, 0.4) is 0 Å². The maximum atomic E-state index is 2.56. The molecular formula is C63H41N. The highest BCUT2D eigenvalue weighted by Gasteiger charge is 2.51. The second kappa shape index (κ2) is 14.4. The van der Waals surface area contributed by atoms with E-state index in [1.165, 1.54) is 88.3 Å². The Balaban J connectivity index is 1.16. The molecular weight excluding hydrogens is 771 g/mol. The van der Waals surface area contributed by atoms with Crippen molar-refractivity contribution >= 4 is 38.6 Å². The van der Waals surface area contributed by atoms with Gasteiger partial charge in [-0.25, -0.2) is 0 Å². The van der Waals surface area contributed by atoms with Gasteiger partial charge in [0.05, 0.1) is 16.8 Å². The van der Waals surface area contributed by atoms with E-state index in [1.807, 2.05) is 0 Å². The van der Waals surface area contributed by atoms with Gasteiger partial charge in [0.2, 0.25) is 0 Å². The lowest BCUT2D eigenvalue weighted by atomic mass is 9.70. The zero-order chi connectivity index (χ0) is 42.2. The minimum absolute atomic E-state index is 0.484. The summed E-state index contributed by atoms with van der Waals surface area (Å²) in [5.41, 5.74) is 20.5. The Kier molecular flexibility index (Phi) is 8.20. The van der Waals surface area contributed by atoms with Crippen LogP contribution in [0.15, 0.2) is 249 Å². The average Bonchev–Trinajstić information content (AvgIpc) is 3.84. The Bertz CT molecular complexity index is 3550. The van der Waals surface area contributed by atoms with Crippen molar-refractivity contribution in [2.75, 3.05) is 4.90 Å². The predicted octanol–water partition coefficient (Wildman–Crippen LogP) is 16.8. The minimum atomic E-state index is -0.484. The van der Waals surface area contributed by atoms with E-state index in [1.54, 1.807) is 0 Å². The van der Waals surface area contributed by atoms with Crippen LogP contribution in [0, 0.1) is 0 Å². The first-order valence-electron chi connectivity index (χ1n) is 22.3. The molecule has 64 heavy (non-hydrogen) atoms. The molecule has 11 aromatic rings. The molecule has 0 aromatic heterocycles. The summed E-state index contributed by atoms with van der Waals surface area (Å²) >= 11 is 0. The summed E-state index contributed by atoms with van der Waals surface area (Å²) in [6.45, 7) is 0. The zero-order valence-electron chi connectivity index (χ0n) is 35.1. The molecule has 1 spiro atoms. The van der Waals surface area contributed by atoms with Crippen molar-refractivity contribution in [3.8, 4) is 55.6 Å². The average molecular weight is 812 g/mol. The van der Waals surface area contributed by atoms with Gasteiger partial charge in [-0.05, 0) is 119 Å². The molecule has 13 rings (SSSR count). The minimum Gasteiger partial charge on any atom is -0.309 e. The highest BCUT2D eigenvalue weighted by molar-refractivity contribution is 6.12. The van der Waals surface area contributed by atoms with Crippen molar-refractivity contribution < 1.29 is 0 Å². The van der Waals surface area contributed by atoms with Crippen LogP contribution in [-0.2, 0) is 5.41 Å². The van der Waals surface area contributed by atoms with Crippen molar-refractivity contribution in [1.29, 1.82) is 0 Å². The van der Waals surface area contributed by atoms with Crippen molar-refractivity contribution in [3.05, 3.63) is 271 Å². The van der Waals surface area contributed by atoms with Gasteiger partial charge < -0.3 is 4.90 Å². The van der Waals surface area contributed by atoms with Gasteiger partial charge in [0.1, 0.15) is 0 Å². The number of hydrogen-bond donors (Lipinski definition) is 0. The summed E-state index contributed by atoms with van der Waals surface area (Å²) in [4.78, 5) is 2.56. The molecule has 0 atom stereocenters. The van der Waals surface area contributed by atoms with Crippen LogP contribution in [0.1, 0.15) is 22.3 Å². The molecule has 0 saturated carbocycles. The fourth-order valence-corrected chi connectivity index (χ4v) is 11.2. The van der Waals surface area contributed by atoms with Gasteiger partial charge in [0.25, 0.3) is 0 Å². The Hall–Kier alpha value is -8.26. The highest BCUT2D eigenvalue weighted by Crippen LogP contribution is 2.63. The van der Waals surface area contributed by atoms with Crippen LogP contribution >= 0.6 is 0 Å². The lowest BCUT2D eigenvalue weighted by Crippen LogP contribution is -2.26. The van der Waals surface area contributed by atoms with E-state index in [2.05, 4.69) is 254 Å². The van der Waals surface area contributed by atoms with Crippen LogP contribution in [0.2, 0.25) is 0 Å². The Labute approximate surface area is 373 Å². The summed E-state index contributed by atoms with van der Waals surface area (Å²) in [6, 6.07) is 92.4. The Morgan fingerprint density at radius 1 is 0.266 bits per heavy atom. The van der Waals surface area contributed by atoms with E-state index in [9.17, 15) is 0 Å². The summed E-state index contributed by atoms with van der Waals surface area (Å²) in [6.07, 6.45) is 0. The number of rotatable bonds is 6. The third kappa shape index (κ3) is 5.31. The number of anilines is 3. The van der Waals surface area contributed by atoms with E-state index >= 15 is 0 Å². The van der Waals surface area contributed by atoms with Gasteiger partial charge in [0, 0.05) is 16.8 Å². The molecule has 0 fully saturated rings. The molecule has 0 radical (unpaired) electrons. The maximum absolute atomic E-state index is 2.56. The SMILES string of the molecule is c1ccc(-c2ccc(N(c3ccc4c(c3)C3(c5ccccc5-c5ccccc53)c3ccccc3-4)c3ccc4ccccc4c3-c3cccc4ccccc34)c(-c3ccccc3)c2)cc1. The second-order valence-corrected chi connectivity index (χ2v) is 17.1. The first kappa shape index (κ1) is 36.4. The van der Waals surface area contributed by atoms with Crippen LogP contribution in [0.25, 0.3) is 77.2 Å². The molecule has 2 aliphatic carbocycles. The smallest absolute Gasteiger partial charge is 0.0726 e. The molecule has 0 N–H and O–H groups in total. The van der Waals surface area contributed by atoms with Crippen molar-refractivity contribution in [1.82, 2.24) is 0 Å². The normalized spacial score (nSPS) is 12.8. The Morgan fingerprint density at radius 3 is 1.44 bits per heavy atom. The lowest BCUT2D eigenvalue weighted by molar-refractivity contribution is 0.793. The largest absolute Gasteiger partial charge is 0.309 e. The number of fused-ring (bicyclic) bond motifs is 12. The van der Waals surface area contributed by atoms with E-state index in [4.69, 9.17) is 0 Å². The van der Waals surface area contributed by atoms with Crippen molar-refractivity contribution in [3.63, 3.8) is 0 Å². The first-order valence-corrected chi connectivity index (χ1v) is 22.3. The molecule has 0 amide bonds. The molecule has 2 aliphatic rings. The third-order valence-corrected chi connectivity index (χ3v) is 13.9. The Morgan fingerprint density at radius 2 is 0.766 bits per heavy atom. The zero-order valence-corrected chi connectivity index (χ0v) is 35.1. The fourth-order valence-electron chi connectivity index (χ4n) is 11.2. The number of benzene rings is 11. The van der Waals surface area contributed by atoms with Crippen LogP contribution in [0.5, 0.6) is 0 Å². The molecule has 0 aliphatic heterocycles. The van der Waals surface area contributed by atoms with Gasteiger partial charge in [-0.2, -0.15) is 0 Å². The van der Waals surface area contributed by atoms with Crippen molar-refractivity contribution in [2.24, 2.45) is 0 Å². The summed E-state index contributed by atoms with van der Waals surface area (Å²) < 4.78 is 0. The monoisotopic (exact) mass is 811 g/mol. The molecule has 0 unspecified atom stereocenters. The maximum Gasteiger partial charge on any atom is 0.0726 e. The van der Waals surface area contributed by atoms with E-state index in [0.717, 1.165) is 28.2 Å². The number of hydrogen-bond acceptors (Lipinski definition) is 1. The predicted molar refractivity (Wildman–Crippen MR) is 269 cm³/mol. The van der Waals surface area contributed by atoms with Gasteiger partial charge in [-0.3, -0.25) is 0 Å². The molecule has 0 bridgehead atoms. The molecule has 0 saturated heterocycles. The van der Waals surface area contributed by atoms with E-state index in [-0.39, 0.29) is 0 Å². The standard InChI is InChI=1S/C63H41N/c1-3-18-42(19-4-1)46-35-38-60(55(40-46)44-20-5-2-6-21-44)64(61-39-34-45-23-8-10-26-49(45)62(61)54-30-17-24-43-22-7-9-25-48(43)54)47-36-37-53-52-29-13-16-33-58(52)63(59(53)41-47)56-31-14-11-27-50(56)51-28-12-15-32-57(51)63/h1-41H. The van der Waals surface area contributed by atoms with Crippen LogP contribution in [-0.4, -0.2) is 0 Å². The second-order valence-electron chi connectivity index (χ2n) is 17.1. The van der Waals surface area contributed by atoms with Gasteiger partial charge in [-0.15, -0.1) is 0 Å². The van der Waals surface area contributed by atoms with E-state index < -0.39 is 5.41 Å². The molecule has 1 nitrogen and oxygen atoms in total. The topological polar surface area (TPSA) is 3.24 Å². The molecule has 11 aromatic carbocycles. The summed E-state index contributed by atoms with van der Waals surface area (Å²) in [7, 11) is 0. The highest BCUT2D eigenvalue weighted by atomic mass is 15.1. The van der Waals surface area contributed by atoms with Crippen LogP contribution in [0.4, 0.5) is 17.1 Å². The quantitative estimate of drug-likeness (QED) is 0.162. The van der Waals surface area contributed by atoms with Gasteiger partial charge in [-0.1, -0.05) is 218 Å².